The van der Waals surface area contributed by atoms with Crippen LogP contribution in [0.4, 0.5) is 0 Å². The van der Waals surface area contributed by atoms with Gasteiger partial charge < -0.3 is 10.3 Å². The number of hydrogen-bond acceptors (Lipinski definition) is 6. The van der Waals surface area contributed by atoms with Gasteiger partial charge in [0.15, 0.2) is 4.96 Å². The van der Waals surface area contributed by atoms with E-state index in [0.717, 1.165) is 35.7 Å². The zero-order valence-corrected chi connectivity index (χ0v) is 17.0. The first kappa shape index (κ1) is 19.4. The molecule has 4 heterocycles. The maximum atomic E-state index is 12.4. The Morgan fingerprint density at radius 1 is 1.45 bits per heavy atom. The summed E-state index contributed by atoms with van der Waals surface area (Å²) in [5.74, 6) is -0.379. The summed E-state index contributed by atoms with van der Waals surface area (Å²) in [7, 11) is 0. The number of piperidine rings is 1. The number of carbonyl (C=O) groups is 1. The first-order chi connectivity index (χ1) is 14.0. The van der Waals surface area contributed by atoms with Crippen LogP contribution >= 0.6 is 11.3 Å². The molecule has 0 saturated carbocycles. The van der Waals surface area contributed by atoms with Crippen molar-refractivity contribution in [1.29, 1.82) is 5.26 Å². The van der Waals surface area contributed by atoms with E-state index < -0.39 is 11.5 Å². The summed E-state index contributed by atoms with van der Waals surface area (Å²) in [4.78, 5) is 36.3. The van der Waals surface area contributed by atoms with Crippen molar-refractivity contribution in [2.45, 2.75) is 32.9 Å². The number of H-pyrrole nitrogens is 1. The number of carbonyl (C=O) groups excluding carboxylic acids is 1. The maximum absolute atomic E-state index is 12.4. The van der Waals surface area contributed by atoms with Crippen LogP contribution in [0, 0.1) is 24.2 Å². The molecular formula is C20H22N6O2S. The standard InChI is InChI=1S/C20H22N6O2S/c1-13-9-26-12-16(24-20(26)29-13)8-22-18(27)17-5-4-15(23-19(17)28)11-25-6-2-3-14(7-21)10-25/h4-5,9,12,14H,2-3,6,8,10-11H2,1H3,(H,22,27)(H,23,28). The van der Waals surface area contributed by atoms with Crippen LogP contribution in [0.1, 0.15) is 39.5 Å². The molecule has 1 aliphatic rings. The van der Waals surface area contributed by atoms with Crippen molar-refractivity contribution in [1.82, 2.24) is 24.6 Å². The highest BCUT2D eigenvalue weighted by Gasteiger charge is 2.20. The molecule has 9 heteroatoms. The summed E-state index contributed by atoms with van der Waals surface area (Å²) in [6, 6.07) is 5.64. The molecule has 1 aliphatic heterocycles. The van der Waals surface area contributed by atoms with Gasteiger partial charge >= 0.3 is 0 Å². The Morgan fingerprint density at radius 2 is 2.31 bits per heavy atom. The highest BCUT2D eigenvalue weighted by molar-refractivity contribution is 7.16. The molecule has 0 aromatic carbocycles. The fourth-order valence-corrected chi connectivity index (χ4v) is 4.47. The summed E-state index contributed by atoms with van der Waals surface area (Å²) in [5, 5.41) is 11.9. The van der Waals surface area contributed by atoms with Crippen molar-refractivity contribution in [2.24, 2.45) is 5.92 Å². The van der Waals surface area contributed by atoms with Crippen LogP contribution in [0.2, 0.25) is 0 Å². The second kappa shape index (κ2) is 8.19. The lowest BCUT2D eigenvalue weighted by Crippen LogP contribution is -2.35. The van der Waals surface area contributed by atoms with Crippen molar-refractivity contribution < 1.29 is 4.79 Å². The van der Waals surface area contributed by atoms with Crippen molar-refractivity contribution >= 4 is 22.2 Å². The van der Waals surface area contributed by atoms with E-state index in [9.17, 15) is 9.59 Å². The number of nitrogens with one attached hydrogen (secondary N) is 2. The zero-order valence-electron chi connectivity index (χ0n) is 16.1. The van der Waals surface area contributed by atoms with Crippen molar-refractivity contribution in [3.05, 3.63) is 56.7 Å². The first-order valence-corrected chi connectivity index (χ1v) is 10.4. The van der Waals surface area contributed by atoms with Crippen LogP contribution in [0.15, 0.2) is 29.3 Å². The van der Waals surface area contributed by atoms with Crippen LogP contribution < -0.4 is 10.9 Å². The van der Waals surface area contributed by atoms with Gasteiger partial charge in [-0.15, -0.1) is 11.3 Å². The van der Waals surface area contributed by atoms with Gasteiger partial charge in [0.05, 0.1) is 24.2 Å². The molecule has 150 valence electrons. The number of likely N-dealkylation sites (tertiary alicyclic amines) is 1. The van der Waals surface area contributed by atoms with Gasteiger partial charge in [0.2, 0.25) is 0 Å². The van der Waals surface area contributed by atoms with Crippen molar-refractivity contribution in [3.8, 4) is 6.07 Å². The predicted molar refractivity (Wildman–Crippen MR) is 110 cm³/mol. The Bertz CT molecular complexity index is 1110. The summed E-state index contributed by atoms with van der Waals surface area (Å²) in [6.07, 6.45) is 5.77. The van der Waals surface area contributed by atoms with Gasteiger partial charge in [-0.3, -0.25) is 18.9 Å². The van der Waals surface area contributed by atoms with Gasteiger partial charge in [0.1, 0.15) is 5.56 Å². The molecule has 0 aliphatic carbocycles. The lowest BCUT2D eigenvalue weighted by atomic mass is 9.99. The van der Waals surface area contributed by atoms with Crippen LogP contribution in [0.3, 0.4) is 0 Å². The fourth-order valence-electron chi connectivity index (χ4n) is 3.64. The van der Waals surface area contributed by atoms with Gasteiger partial charge in [-0.25, -0.2) is 4.98 Å². The lowest BCUT2D eigenvalue weighted by molar-refractivity contribution is 0.0949. The molecule has 4 rings (SSSR count). The normalized spacial score (nSPS) is 17.3. The van der Waals surface area contributed by atoms with E-state index in [1.54, 1.807) is 23.5 Å². The van der Waals surface area contributed by atoms with E-state index in [1.807, 2.05) is 23.7 Å². The minimum atomic E-state index is -0.423. The molecule has 1 unspecified atom stereocenters. The average Bonchev–Trinajstić information content (AvgIpc) is 3.23. The number of aromatic amines is 1. The third-order valence-corrected chi connectivity index (χ3v) is 5.96. The highest BCUT2D eigenvalue weighted by atomic mass is 32.1. The Labute approximate surface area is 171 Å². The number of rotatable bonds is 5. The van der Waals surface area contributed by atoms with Gasteiger partial charge in [0.25, 0.3) is 11.5 Å². The van der Waals surface area contributed by atoms with Gasteiger partial charge in [-0.05, 0) is 38.4 Å². The van der Waals surface area contributed by atoms with E-state index in [4.69, 9.17) is 5.26 Å². The minimum Gasteiger partial charge on any atom is -0.346 e. The van der Waals surface area contributed by atoms with Gasteiger partial charge in [-0.1, -0.05) is 0 Å². The molecule has 0 radical (unpaired) electrons. The van der Waals surface area contributed by atoms with E-state index in [-0.39, 0.29) is 18.0 Å². The van der Waals surface area contributed by atoms with E-state index in [2.05, 4.69) is 26.3 Å². The molecule has 2 N–H and O–H groups in total. The Morgan fingerprint density at radius 3 is 3.07 bits per heavy atom. The Kier molecular flexibility index (Phi) is 5.47. The largest absolute Gasteiger partial charge is 0.346 e. The fraction of sp³-hybridized carbons (Fsp3) is 0.400. The number of imidazole rings is 1. The number of pyridine rings is 1. The topological polar surface area (TPSA) is 106 Å². The second-order valence-electron chi connectivity index (χ2n) is 7.38. The van der Waals surface area contributed by atoms with Crippen molar-refractivity contribution in [2.75, 3.05) is 13.1 Å². The van der Waals surface area contributed by atoms with E-state index >= 15 is 0 Å². The Hall–Kier alpha value is -2.96. The molecular weight excluding hydrogens is 388 g/mol. The number of hydrogen-bond donors (Lipinski definition) is 2. The molecule has 8 nitrogen and oxygen atoms in total. The minimum absolute atomic E-state index is 0.0441. The number of aromatic nitrogens is 3. The smallest absolute Gasteiger partial charge is 0.261 e. The number of aryl methyl sites for hydroxylation is 1. The number of nitrogens with zero attached hydrogens (tertiary/aromatic N) is 4. The van der Waals surface area contributed by atoms with Crippen LogP contribution in [0.5, 0.6) is 0 Å². The molecule has 0 spiro atoms. The first-order valence-electron chi connectivity index (χ1n) is 9.58. The summed E-state index contributed by atoms with van der Waals surface area (Å²) in [6.45, 7) is 4.47. The average molecular weight is 411 g/mol. The van der Waals surface area contributed by atoms with E-state index in [0.29, 0.717) is 13.1 Å². The van der Waals surface area contributed by atoms with Crippen LogP contribution in [-0.2, 0) is 13.1 Å². The molecule has 1 atom stereocenters. The SMILES string of the molecule is Cc1cn2cc(CNC(=O)c3ccc(CN4CCCC(C#N)C4)[nH]c3=O)nc2s1. The summed E-state index contributed by atoms with van der Waals surface area (Å²) in [5.41, 5.74) is 1.17. The molecule has 1 amide bonds. The molecule has 1 saturated heterocycles. The van der Waals surface area contributed by atoms with Crippen LogP contribution in [0.25, 0.3) is 4.96 Å². The second-order valence-corrected chi connectivity index (χ2v) is 8.59. The predicted octanol–water partition coefficient (Wildman–Crippen LogP) is 2.06. The van der Waals surface area contributed by atoms with E-state index in [1.165, 1.54) is 4.88 Å². The molecule has 0 bridgehead atoms. The summed E-state index contributed by atoms with van der Waals surface area (Å²) < 4.78 is 1.93. The lowest BCUT2D eigenvalue weighted by Gasteiger charge is -2.29. The third-order valence-electron chi connectivity index (χ3n) is 5.05. The Balaban J connectivity index is 1.37. The monoisotopic (exact) mass is 410 g/mol. The zero-order chi connectivity index (χ0) is 20.4. The highest BCUT2D eigenvalue weighted by Crippen LogP contribution is 2.18. The molecule has 3 aromatic rings. The number of fused-ring (bicyclic) bond motifs is 1. The number of amides is 1. The number of nitriles is 1. The van der Waals surface area contributed by atoms with Gasteiger partial charge in [0, 0.05) is 36.1 Å². The quantitative estimate of drug-likeness (QED) is 0.670. The summed E-state index contributed by atoms with van der Waals surface area (Å²) >= 11 is 1.59. The van der Waals surface area contributed by atoms with Crippen molar-refractivity contribution in [3.63, 3.8) is 0 Å². The van der Waals surface area contributed by atoms with Gasteiger partial charge in [-0.2, -0.15) is 5.26 Å². The molecule has 29 heavy (non-hydrogen) atoms. The third kappa shape index (κ3) is 4.39. The number of thiazole rings is 1. The molecule has 3 aromatic heterocycles. The molecule has 1 fully saturated rings. The van der Waals surface area contributed by atoms with Crippen LogP contribution in [-0.4, -0.2) is 38.3 Å². The maximum Gasteiger partial charge on any atom is 0.261 e.